The predicted octanol–water partition coefficient (Wildman–Crippen LogP) is 5.56. The number of phenolic OH excluding ortho intramolecular Hbond substituents is 1. The summed E-state index contributed by atoms with van der Waals surface area (Å²) in [6, 6.07) is 4.16. The molecule has 3 nitrogen and oxygen atoms in total. The van der Waals surface area contributed by atoms with E-state index in [9.17, 15) is 5.11 Å². The highest BCUT2D eigenvalue weighted by Gasteiger charge is 2.54. The molecule has 0 aromatic heterocycles. The van der Waals surface area contributed by atoms with Gasteiger partial charge in [0.25, 0.3) is 0 Å². The summed E-state index contributed by atoms with van der Waals surface area (Å²) in [4.78, 5) is 2.02. The van der Waals surface area contributed by atoms with E-state index >= 15 is 0 Å². The fourth-order valence-electron chi connectivity index (χ4n) is 6.75. The highest BCUT2D eigenvalue weighted by Crippen LogP contribution is 2.63. The maximum absolute atomic E-state index is 10.5. The minimum Gasteiger partial charge on any atom is -0.504 e. The number of rotatable bonds is 4. The van der Waals surface area contributed by atoms with Crippen LogP contribution in [-0.2, 0) is 6.42 Å². The molecule has 2 fully saturated rings. The first-order valence-electron chi connectivity index (χ1n) is 11.0. The Kier molecular flexibility index (Phi) is 4.95. The number of phenols is 1. The Hall–Kier alpha value is -1.22. The maximum Gasteiger partial charge on any atom is 0.163 e. The number of benzene rings is 1. The molecule has 3 aliphatic carbocycles. The zero-order valence-corrected chi connectivity index (χ0v) is 17.8. The lowest BCUT2D eigenvalue weighted by Crippen LogP contribution is -2.42. The number of fused-ring (bicyclic) bond motifs is 5. The molecule has 1 unspecified atom stereocenters. The lowest BCUT2D eigenvalue weighted by atomic mass is 9.54. The second-order valence-electron chi connectivity index (χ2n) is 9.84. The Morgan fingerprint density at radius 1 is 1.22 bits per heavy atom. The smallest absolute Gasteiger partial charge is 0.163 e. The Bertz CT molecular complexity index is 700. The number of ether oxygens (including phenoxy) is 1. The quantitative estimate of drug-likeness (QED) is 0.703. The molecule has 1 aromatic rings. The summed E-state index contributed by atoms with van der Waals surface area (Å²) >= 11 is 0. The van der Waals surface area contributed by atoms with Crippen LogP contribution in [0.15, 0.2) is 12.1 Å². The van der Waals surface area contributed by atoms with Crippen molar-refractivity contribution in [1.29, 1.82) is 0 Å². The molecule has 2 saturated carbocycles. The van der Waals surface area contributed by atoms with Crippen molar-refractivity contribution in [3.63, 3.8) is 0 Å². The molecule has 0 bridgehead atoms. The van der Waals surface area contributed by atoms with Gasteiger partial charge in [0.15, 0.2) is 11.5 Å². The van der Waals surface area contributed by atoms with Crippen LogP contribution in [-0.4, -0.2) is 30.3 Å². The minimum absolute atomic E-state index is 0.0527. The van der Waals surface area contributed by atoms with Crippen molar-refractivity contribution in [2.45, 2.75) is 77.9 Å². The van der Waals surface area contributed by atoms with Gasteiger partial charge in [-0.1, -0.05) is 20.3 Å². The topological polar surface area (TPSA) is 32.7 Å². The van der Waals surface area contributed by atoms with Gasteiger partial charge in [0.1, 0.15) is 6.23 Å². The third-order valence-electron chi connectivity index (χ3n) is 8.52. The molecule has 0 radical (unpaired) electrons. The molecular weight excluding hydrogens is 334 g/mol. The second-order valence-corrected chi connectivity index (χ2v) is 9.84. The number of aromatic hydroxyl groups is 1. The third-order valence-corrected chi connectivity index (χ3v) is 8.52. The van der Waals surface area contributed by atoms with Gasteiger partial charge in [0.05, 0.1) is 0 Å². The summed E-state index contributed by atoms with van der Waals surface area (Å²) in [5.74, 6) is 4.23. The molecule has 3 heteroatoms. The summed E-state index contributed by atoms with van der Waals surface area (Å²) in [5, 5.41) is 10.5. The van der Waals surface area contributed by atoms with E-state index < -0.39 is 0 Å². The average Bonchev–Trinajstić information content (AvgIpc) is 2.98. The third kappa shape index (κ3) is 3.06. The van der Waals surface area contributed by atoms with E-state index in [1.165, 1.54) is 49.7 Å². The van der Waals surface area contributed by atoms with Crippen LogP contribution in [0.5, 0.6) is 11.5 Å². The molecule has 0 spiro atoms. The number of hydrogen-bond acceptors (Lipinski definition) is 3. The molecule has 150 valence electrons. The Balaban J connectivity index is 1.64. The summed E-state index contributed by atoms with van der Waals surface area (Å²) in [7, 11) is 4.00. The van der Waals surface area contributed by atoms with Crippen LogP contribution in [0.2, 0.25) is 0 Å². The van der Waals surface area contributed by atoms with Crippen molar-refractivity contribution >= 4 is 0 Å². The molecule has 4 rings (SSSR count). The second kappa shape index (κ2) is 6.99. The van der Waals surface area contributed by atoms with Crippen molar-refractivity contribution in [3.8, 4) is 11.5 Å². The number of nitrogens with zero attached hydrogens (tertiary/aromatic N) is 1. The summed E-state index contributed by atoms with van der Waals surface area (Å²) < 4.78 is 6.07. The van der Waals surface area contributed by atoms with Crippen LogP contribution in [0.3, 0.4) is 0 Å². The summed E-state index contributed by atoms with van der Waals surface area (Å²) in [6.07, 6.45) is 9.20. The van der Waals surface area contributed by atoms with Crippen molar-refractivity contribution in [3.05, 3.63) is 23.3 Å². The van der Waals surface area contributed by atoms with Crippen LogP contribution >= 0.6 is 0 Å². The van der Waals surface area contributed by atoms with Gasteiger partial charge < -0.3 is 9.84 Å². The summed E-state index contributed by atoms with van der Waals surface area (Å²) in [5.41, 5.74) is 3.38. The molecular formula is C24H37NO2. The van der Waals surface area contributed by atoms with Gasteiger partial charge in [-0.3, -0.25) is 4.90 Å². The minimum atomic E-state index is -0.0527. The highest BCUT2D eigenvalue weighted by molar-refractivity contribution is 5.49. The van der Waals surface area contributed by atoms with E-state index in [-0.39, 0.29) is 6.23 Å². The van der Waals surface area contributed by atoms with Crippen molar-refractivity contribution in [2.75, 3.05) is 14.1 Å². The molecule has 0 saturated heterocycles. The molecule has 6 atom stereocenters. The van der Waals surface area contributed by atoms with Crippen molar-refractivity contribution in [2.24, 2.45) is 23.2 Å². The van der Waals surface area contributed by atoms with E-state index in [1.54, 1.807) is 0 Å². The Morgan fingerprint density at radius 3 is 2.70 bits per heavy atom. The van der Waals surface area contributed by atoms with E-state index in [0.717, 1.165) is 24.2 Å². The molecule has 0 aliphatic heterocycles. The van der Waals surface area contributed by atoms with Crippen LogP contribution in [0.4, 0.5) is 0 Å². The highest BCUT2D eigenvalue weighted by atomic mass is 16.5. The largest absolute Gasteiger partial charge is 0.504 e. The van der Waals surface area contributed by atoms with Crippen LogP contribution in [0, 0.1) is 23.2 Å². The average molecular weight is 372 g/mol. The maximum atomic E-state index is 10.5. The molecule has 1 aromatic carbocycles. The first-order chi connectivity index (χ1) is 12.8. The van der Waals surface area contributed by atoms with E-state index in [1.807, 2.05) is 32.0 Å². The normalized spacial score (nSPS) is 36.1. The van der Waals surface area contributed by atoms with Crippen LogP contribution < -0.4 is 4.74 Å². The van der Waals surface area contributed by atoms with Gasteiger partial charge in [-0.15, -0.1) is 0 Å². The van der Waals surface area contributed by atoms with Crippen LogP contribution in [0.1, 0.15) is 76.3 Å². The van der Waals surface area contributed by atoms with E-state index in [2.05, 4.69) is 19.9 Å². The lowest BCUT2D eigenvalue weighted by Gasteiger charge is -2.51. The number of aryl methyl sites for hydroxylation is 1. The first kappa shape index (κ1) is 19.1. The van der Waals surface area contributed by atoms with Gasteiger partial charge in [-0.2, -0.15) is 0 Å². The fraction of sp³-hybridized carbons (Fsp3) is 0.750. The van der Waals surface area contributed by atoms with Gasteiger partial charge in [0.2, 0.25) is 0 Å². The zero-order chi connectivity index (χ0) is 19.3. The van der Waals surface area contributed by atoms with Gasteiger partial charge >= 0.3 is 0 Å². The van der Waals surface area contributed by atoms with E-state index in [0.29, 0.717) is 22.8 Å². The van der Waals surface area contributed by atoms with Gasteiger partial charge in [-0.05, 0) is 112 Å². The predicted molar refractivity (Wildman–Crippen MR) is 110 cm³/mol. The zero-order valence-electron chi connectivity index (χ0n) is 17.8. The van der Waals surface area contributed by atoms with Gasteiger partial charge in [0, 0.05) is 0 Å². The van der Waals surface area contributed by atoms with Gasteiger partial charge in [-0.25, -0.2) is 0 Å². The van der Waals surface area contributed by atoms with Crippen molar-refractivity contribution in [1.82, 2.24) is 4.90 Å². The van der Waals surface area contributed by atoms with E-state index in [4.69, 9.17) is 4.74 Å². The van der Waals surface area contributed by atoms with Crippen LogP contribution in [0.25, 0.3) is 0 Å². The molecule has 0 amide bonds. The SMILES string of the molecule is CC[C@H]1CC[C@H]2[C@@H]3CCc4cc(O)c(OC(C)N(C)C)cc4[C@H]3CC[C@]12C. The Morgan fingerprint density at radius 2 is 2.00 bits per heavy atom. The summed E-state index contributed by atoms with van der Waals surface area (Å²) in [6.45, 7) is 7.00. The Labute approximate surface area is 165 Å². The monoisotopic (exact) mass is 371 g/mol. The lowest BCUT2D eigenvalue weighted by molar-refractivity contribution is 0.0270. The molecule has 0 heterocycles. The molecule has 27 heavy (non-hydrogen) atoms. The molecule has 3 aliphatic rings. The first-order valence-corrected chi connectivity index (χ1v) is 11.0. The van der Waals surface area contributed by atoms with Crippen molar-refractivity contribution < 1.29 is 9.84 Å². The number of hydrogen-bond donors (Lipinski definition) is 1. The fourth-order valence-corrected chi connectivity index (χ4v) is 6.75. The standard InChI is InChI=1S/C24H37NO2/c1-6-17-8-10-21-19-9-7-16-13-22(26)23(27-15(2)25(4)5)14-20(16)18(19)11-12-24(17,21)3/h13-15,17-19,21,26H,6-12H2,1-5H3/t15?,17-,18-,19+,21-,24+/m0/s1. The molecule has 1 N–H and O–H groups in total.